The standard InChI is InChI=1S/C23H33F3N4O3/c1-17-11-18(2)14-30(13-17)22(32)16-29-9-7-28(8-10-29)15-21(31)27-12-19-5-3-4-6-20(19)33-23(24,25)26/h3-6,17-18H,7-16H2,1-2H3,(H,27,31)/t17-,18+. The lowest BCUT2D eigenvalue weighted by molar-refractivity contribution is -0.274. The van der Waals surface area contributed by atoms with Crippen LogP contribution in [-0.4, -0.2) is 85.2 Å². The Kier molecular flexibility index (Phi) is 8.58. The number of carbonyl (C=O) groups is 2. The van der Waals surface area contributed by atoms with Crippen molar-refractivity contribution in [2.75, 3.05) is 52.4 Å². The third-order valence-corrected chi connectivity index (χ3v) is 6.09. The summed E-state index contributed by atoms with van der Waals surface area (Å²) in [5.41, 5.74) is 0.257. The van der Waals surface area contributed by atoms with Crippen LogP contribution in [0.4, 0.5) is 13.2 Å². The van der Waals surface area contributed by atoms with Gasteiger partial charge in [-0.25, -0.2) is 0 Å². The van der Waals surface area contributed by atoms with Gasteiger partial charge in [0, 0.05) is 51.4 Å². The second kappa shape index (κ2) is 11.2. The molecule has 2 aliphatic heterocycles. The monoisotopic (exact) mass is 470 g/mol. The number of hydrogen-bond donors (Lipinski definition) is 1. The molecule has 0 spiro atoms. The van der Waals surface area contributed by atoms with Crippen molar-refractivity contribution >= 4 is 11.8 Å². The van der Waals surface area contributed by atoms with E-state index in [4.69, 9.17) is 0 Å². The number of nitrogens with zero attached hydrogens (tertiary/aromatic N) is 3. The van der Waals surface area contributed by atoms with Gasteiger partial charge in [0.05, 0.1) is 13.1 Å². The summed E-state index contributed by atoms with van der Waals surface area (Å²) in [6.07, 6.45) is -3.63. The van der Waals surface area contributed by atoms with Crippen LogP contribution < -0.4 is 10.1 Å². The molecular weight excluding hydrogens is 437 g/mol. The highest BCUT2D eigenvalue weighted by Crippen LogP contribution is 2.26. The van der Waals surface area contributed by atoms with Crippen molar-refractivity contribution in [2.45, 2.75) is 33.2 Å². The maximum Gasteiger partial charge on any atom is 0.573 e. The fraction of sp³-hybridized carbons (Fsp3) is 0.652. The maximum atomic E-state index is 12.7. The molecule has 10 heteroatoms. The Balaban J connectivity index is 1.39. The number of alkyl halides is 3. The first kappa shape index (κ1) is 25.3. The van der Waals surface area contributed by atoms with Gasteiger partial charge in [0.2, 0.25) is 11.8 Å². The third-order valence-electron chi connectivity index (χ3n) is 6.09. The van der Waals surface area contributed by atoms with E-state index in [1.54, 1.807) is 6.07 Å². The highest BCUT2D eigenvalue weighted by Gasteiger charge is 2.32. The number of nitrogens with one attached hydrogen (secondary N) is 1. The van der Waals surface area contributed by atoms with E-state index in [9.17, 15) is 22.8 Å². The van der Waals surface area contributed by atoms with Crippen molar-refractivity contribution in [2.24, 2.45) is 11.8 Å². The van der Waals surface area contributed by atoms with Crippen LogP contribution in [0, 0.1) is 11.8 Å². The van der Waals surface area contributed by atoms with Gasteiger partial charge in [-0.3, -0.25) is 19.4 Å². The molecule has 1 aromatic rings. The first-order valence-electron chi connectivity index (χ1n) is 11.4. The summed E-state index contributed by atoms with van der Waals surface area (Å²) in [7, 11) is 0. The fourth-order valence-electron chi connectivity index (χ4n) is 4.59. The highest BCUT2D eigenvalue weighted by atomic mass is 19.4. The first-order valence-corrected chi connectivity index (χ1v) is 11.4. The van der Waals surface area contributed by atoms with Crippen LogP contribution in [0.3, 0.4) is 0 Å². The molecule has 2 amide bonds. The van der Waals surface area contributed by atoms with Gasteiger partial charge in [-0.05, 0) is 24.3 Å². The molecule has 1 aromatic carbocycles. The van der Waals surface area contributed by atoms with Gasteiger partial charge in [0.25, 0.3) is 0 Å². The molecule has 0 aromatic heterocycles. The van der Waals surface area contributed by atoms with Crippen LogP contribution in [0.25, 0.3) is 0 Å². The molecule has 1 N–H and O–H groups in total. The molecule has 7 nitrogen and oxygen atoms in total. The van der Waals surface area contributed by atoms with Crippen LogP contribution in [-0.2, 0) is 16.1 Å². The molecule has 2 heterocycles. The lowest BCUT2D eigenvalue weighted by atomic mass is 9.92. The lowest BCUT2D eigenvalue weighted by Gasteiger charge is -2.38. The molecule has 3 rings (SSSR count). The Bertz CT molecular complexity index is 802. The van der Waals surface area contributed by atoms with E-state index >= 15 is 0 Å². The van der Waals surface area contributed by atoms with Crippen LogP contribution in [0.2, 0.25) is 0 Å². The molecule has 2 atom stereocenters. The quantitative estimate of drug-likeness (QED) is 0.663. The fourth-order valence-corrected chi connectivity index (χ4v) is 4.59. The predicted octanol–water partition coefficient (Wildman–Crippen LogP) is 2.32. The summed E-state index contributed by atoms with van der Waals surface area (Å²) in [5, 5.41) is 2.66. The van der Waals surface area contributed by atoms with Crippen LogP contribution in [0.5, 0.6) is 5.75 Å². The zero-order chi connectivity index (χ0) is 24.0. The molecule has 2 saturated heterocycles. The van der Waals surface area contributed by atoms with E-state index in [0.29, 0.717) is 44.6 Å². The summed E-state index contributed by atoms with van der Waals surface area (Å²) in [6, 6.07) is 5.75. The van der Waals surface area contributed by atoms with Crippen molar-refractivity contribution in [1.29, 1.82) is 0 Å². The molecule has 184 valence electrons. The minimum atomic E-state index is -4.79. The Morgan fingerprint density at radius 1 is 1.00 bits per heavy atom. The number of amides is 2. The van der Waals surface area contributed by atoms with Crippen LogP contribution >= 0.6 is 0 Å². The van der Waals surface area contributed by atoms with Crippen molar-refractivity contribution in [3.05, 3.63) is 29.8 Å². The number of likely N-dealkylation sites (tertiary alicyclic amines) is 1. The number of rotatable bonds is 7. The smallest absolute Gasteiger partial charge is 0.405 e. The number of para-hydroxylation sites is 1. The Morgan fingerprint density at radius 3 is 2.18 bits per heavy atom. The Morgan fingerprint density at radius 2 is 1.58 bits per heavy atom. The van der Waals surface area contributed by atoms with Gasteiger partial charge in [-0.1, -0.05) is 32.0 Å². The number of ether oxygens (including phenoxy) is 1. The molecule has 0 aliphatic carbocycles. The average Bonchev–Trinajstić information content (AvgIpc) is 2.73. The molecule has 0 bridgehead atoms. The largest absolute Gasteiger partial charge is 0.573 e. The zero-order valence-electron chi connectivity index (χ0n) is 19.2. The normalized spacial score (nSPS) is 22.8. The number of piperazine rings is 1. The summed E-state index contributed by atoms with van der Waals surface area (Å²) < 4.78 is 41.6. The van der Waals surface area contributed by atoms with Crippen LogP contribution in [0.1, 0.15) is 25.8 Å². The van der Waals surface area contributed by atoms with Crippen molar-refractivity contribution in [3.63, 3.8) is 0 Å². The van der Waals surface area contributed by atoms with Crippen LogP contribution in [0.15, 0.2) is 24.3 Å². The van der Waals surface area contributed by atoms with E-state index in [2.05, 4.69) is 28.8 Å². The topological polar surface area (TPSA) is 65.1 Å². The molecule has 0 unspecified atom stereocenters. The highest BCUT2D eigenvalue weighted by molar-refractivity contribution is 5.79. The number of benzene rings is 1. The number of halogens is 3. The summed E-state index contributed by atoms with van der Waals surface area (Å²) in [4.78, 5) is 31.1. The Hall–Kier alpha value is -2.33. The van der Waals surface area contributed by atoms with Gasteiger partial charge in [-0.2, -0.15) is 0 Å². The maximum absolute atomic E-state index is 12.7. The average molecular weight is 471 g/mol. The van der Waals surface area contributed by atoms with Gasteiger partial charge in [0.1, 0.15) is 5.75 Å². The molecule has 2 aliphatic rings. The van der Waals surface area contributed by atoms with Crippen molar-refractivity contribution < 1.29 is 27.5 Å². The number of piperidine rings is 1. The van der Waals surface area contributed by atoms with Gasteiger partial charge in [0.15, 0.2) is 0 Å². The lowest BCUT2D eigenvalue weighted by Crippen LogP contribution is -2.53. The minimum Gasteiger partial charge on any atom is -0.405 e. The van der Waals surface area contributed by atoms with E-state index in [1.165, 1.54) is 18.2 Å². The second-order valence-corrected chi connectivity index (χ2v) is 9.23. The number of hydrogen-bond acceptors (Lipinski definition) is 5. The van der Waals surface area contributed by atoms with Gasteiger partial charge >= 0.3 is 6.36 Å². The molecule has 33 heavy (non-hydrogen) atoms. The SMILES string of the molecule is C[C@@H]1C[C@H](C)CN(C(=O)CN2CCN(CC(=O)NCc3ccccc3OC(F)(F)F)CC2)C1. The van der Waals surface area contributed by atoms with E-state index in [0.717, 1.165) is 19.5 Å². The van der Waals surface area contributed by atoms with E-state index < -0.39 is 6.36 Å². The predicted molar refractivity (Wildman–Crippen MR) is 117 cm³/mol. The number of carbonyl (C=O) groups excluding carboxylic acids is 2. The molecular formula is C23H33F3N4O3. The second-order valence-electron chi connectivity index (χ2n) is 9.23. The van der Waals surface area contributed by atoms with E-state index in [1.807, 2.05) is 9.80 Å². The third kappa shape index (κ3) is 8.19. The summed E-state index contributed by atoms with van der Waals surface area (Å²) in [5.74, 6) is 0.637. The molecule has 0 saturated carbocycles. The van der Waals surface area contributed by atoms with Crippen molar-refractivity contribution in [3.8, 4) is 5.75 Å². The van der Waals surface area contributed by atoms with E-state index in [-0.39, 0.29) is 36.2 Å². The summed E-state index contributed by atoms with van der Waals surface area (Å²) >= 11 is 0. The molecule has 0 radical (unpaired) electrons. The molecule has 2 fully saturated rings. The van der Waals surface area contributed by atoms with Gasteiger partial charge in [-0.15, -0.1) is 13.2 Å². The zero-order valence-corrected chi connectivity index (χ0v) is 19.2. The summed E-state index contributed by atoms with van der Waals surface area (Å²) in [6.45, 7) is 9.21. The van der Waals surface area contributed by atoms with Crippen molar-refractivity contribution in [1.82, 2.24) is 20.0 Å². The first-order chi connectivity index (χ1) is 15.6. The Labute approximate surface area is 192 Å². The minimum absolute atomic E-state index is 0.0494. The van der Waals surface area contributed by atoms with Gasteiger partial charge < -0.3 is 15.0 Å².